The predicted molar refractivity (Wildman–Crippen MR) is 184 cm³/mol. The van der Waals surface area contributed by atoms with Crippen molar-refractivity contribution >= 4 is 44.0 Å². The zero-order valence-corrected chi connectivity index (χ0v) is 24.6. The lowest BCUT2D eigenvalue weighted by Crippen LogP contribution is -2.18. The maximum atomic E-state index is 2.49. The van der Waals surface area contributed by atoms with Gasteiger partial charge in [-0.15, -0.1) is 0 Å². The van der Waals surface area contributed by atoms with Crippen molar-refractivity contribution in [3.8, 4) is 11.1 Å². The fraction of sp³-hybridized carbons (Fsp3) is 0.163. The summed E-state index contributed by atoms with van der Waals surface area (Å²) in [7, 11) is 0. The van der Waals surface area contributed by atoms with Crippen LogP contribution in [0.25, 0.3) is 55.1 Å². The molecule has 0 spiro atoms. The molecule has 9 rings (SSSR count). The molecule has 0 heteroatoms. The van der Waals surface area contributed by atoms with E-state index in [9.17, 15) is 0 Å². The van der Waals surface area contributed by atoms with Gasteiger partial charge >= 0.3 is 0 Å². The minimum Gasteiger partial charge on any atom is -0.0799 e. The van der Waals surface area contributed by atoms with E-state index in [1.54, 1.807) is 0 Å². The Kier molecular flexibility index (Phi) is 5.60. The monoisotopic (exact) mass is 550 g/mol. The highest BCUT2D eigenvalue weighted by molar-refractivity contribution is 6.13. The number of allylic oxidation sites excluding steroid dienone is 5. The second-order valence-corrected chi connectivity index (χ2v) is 12.9. The van der Waals surface area contributed by atoms with Crippen LogP contribution in [0.3, 0.4) is 0 Å². The van der Waals surface area contributed by atoms with E-state index in [0.29, 0.717) is 17.8 Å². The molecule has 3 aliphatic rings. The van der Waals surface area contributed by atoms with Crippen LogP contribution in [-0.2, 0) is 12.8 Å². The molecule has 206 valence electrons. The highest BCUT2D eigenvalue weighted by Gasteiger charge is 2.27. The molecule has 0 saturated carbocycles. The van der Waals surface area contributed by atoms with E-state index in [4.69, 9.17) is 0 Å². The van der Waals surface area contributed by atoms with E-state index >= 15 is 0 Å². The highest BCUT2D eigenvalue weighted by atomic mass is 14.3. The number of hydrogen-bond donors (Lipinski definition) is 0. The zero-order valence-electron chi connectivity index (χ0n) is 24.6. The molecule has 0 heterocycles. The van der Waals surface area contributed by atoms with Crippen LogP contribution in [0.15, 0.2) is 127 Å². The Balaban J connectivity index is 1.04. The van der Waals surface area contributed by atoms with E-state index in [0.717, 1.165) is 19.3 Å². The molecule has 3 unspecified atom stereocenters. The van der Waals surface area contributed by atoms with E-state index in [1.165, 1.54) is 76.8 Å². The first-order valence-electron chi connectivity index (χ1n) is 15.9. The molecular weight excluding hydrogens is 516 g/mol. The van der Waals surface area contributed by atoms with Crippen molar-refractivity contribution < 1.29 is 0 Å². The Morgan fingerprint density at radius 2 is 1.33 bits per heavy atom. The van der Waals surface area contributed by atoms with E-state index in [-0.39, 0.29) is 0 Å². The Morgan fingerprint density at radius 1 is 0.605 bits per heavy atom. The van der Waals surface area contributed by atoms with Gasteiger partial charge in [0.25, 0.3) is 0 Å². The van der Waals surface area contributed by atoms with Gasteiger partial charge in [-0.25, -0.2) is 0 Å². The molecule has 0 aromatic heterocycles. The summed E-state index contributed by atoms with van der Waals surface area (Å²) in [6, 6.07) is 38.7. The molecule has 0 N–H and O–H groups in total. The van der Waals surface area contributed by atoms with Gasteiger partial charge in [0.15, 0.2) is 0 Å². The van der Waals surface area contributed by atoms with Crippen LogP contribution in [0.5, 0.6) is 0 Å². The van der Waals surface area contributed by atoms with Crippen molar-refractivity contribution in [1.82, 2.24) is 0 Å². The van der Waals surface area contributed by atoms with Crippen LogP contribution < -0.4 is 0 Å². The normalized spacial score (nSPS) is 20.6. The third kappa shape index (κ3) is 3.90. The highest BCUT2D eigenvalue weighted by Crippen LogP contribution is 2.45. The third-order valence-corrected chi connectivity index (χ3v) is 10.4. The van der Waals surface area contributed by atoms with Gasteiger partial charge in [-0.05, 0) is 120 Å². The molecule has 6 aromatic carbocycles. The molecule has 0 bridgehead atoms. The van der Waals surface area contributed by atoms with Crippen molar-refractivity contribution in [3.63, 3.8) is 0 Å². The van der Waals surface area contributed by atoms with Crippen molar-refractivity contribution in [1.29, 1.82) is 0 Å². The Hall–Kier alpha value is -4.68. The van der Waals surface area contributed by atoms with Gasteiger partial charge in [0.1, 0.15) is 0 Å². The Bertz CT molecular complexity index is 2190. The number of rotatable bonds is 2. The Labute approximate surface area is 253 Å². The predicted octanol–water partition coefficient (Wildman–Crippen LogP) is 11.3. The van der Waals surface area contributed by atoms with E-state index in [2.05, 4.69) is 140 Å². The van der Waals surface area contributed by atoms with Crippen molar-refractivity contribution in [2.24, 2.45) is 11.8 Å². The summed E-state index contributed by atoms with van der Waals surface area (Å²) < 4.78 is 0. The number of fused-ring (bicyclic) bond motifs is 11. The Morgan fingerprint density at radius 3 is 2.14 bits per heavy atom. The van der Waals surface area contributed by atoms with Gasteiger partial charge in [-0.2, -0.15) is 0 Å². The molecule has 6 aromatic rings. The maximum Gasteiger partial charge on any atom is -0.00675 e. The van der Waals surface area contributed by atoms with Gasteiger partial charge in [-0.3, -0.25) is 0 Å². The van der Waals surface area contributed by atoms with Crippen LogP contribution in [0.4, 0.5) is 0 Å². The number of benzene rings is 6. The smallest absolute Gasteiger partial charge is 0.00675 e. The molecule has 3 atom stereocenters. The van der Waals surface area contributed by atoms with Crippen LogP contribution in [0.2, 0.25) is 0 Å². The first kappa shape index (κ1) is 24.9. The molecule has 0 radical (unpaired) electrons. The standard InChI is InChI=1S/C43H34/c1-27-24-33-19-18-31(25-41(33)43-34(27)22-20-30-8-2-3-9-35(30)43)28-14-16-29(17-15-28)32-21-23-40-38-12-5-4-10-36(38)37-11-6-7-13-39(37)42(40)26-32/h2-16,18-23,25,27,29,32H,17,24,26H2,1H3. The van der Waals surface area contributed by atoms with Crippen molar-refractivity contribution in [2.75, 3.05) is 0 Å². The molecule has 0 nitrogen and oxygen atoms in total. The van der Waals surface area contributed by atoms with Crippen LogP contribution in [0, 0.1) is 11.8 Å². The fourth-order valence-electron chi connectivity index (χ4n) is 8.24. The van der Waals surface area contributed by atoms with Gasteiger partial charge < -0.3 is 0 Å². The second kappa shape index (κ2) is 9.68. The quantitative estimate of drug-likeness (QED) is 0.188. The molecule has 0 amide bonds. The molecular formula is C43H34. The summed E-state index contributed by atoms with van der Waals surface area (Å²) in [6.07, 6.45) is 15.6. The van der Waals surface area contributed by atoms with Gasteiger partial charge in [0.05, 0.1) is 0 Å². The van der Waals surface area contributed by atoms with Crippen molar-refractivity contribution in [3.05, 3.63) is 155 Å². The van der Waals surface area contributed by atoms with Crippen molar-refractivity contribution in [2.45, 2.75) is 32.1 Å². The molecule has 0 aliphatic heterocycles. The second-order valence-electron chi connectivity index (χ2n) is 12.9. The lowest BCUT2D eigenvalue weighted by Gasteiger charge is -2.29. The minimum atomic E-state index is 0.509. The van der Waals surface area contributed by atoms with Gasteiger partial charge in [-0.1, -0.05) is 134 Å². The summed E-state index contributed by atoms with van der Waals surface area (Å²) >= 11 is 0. The lowest BCUT2D eigenvalue weighted by molar-refractivity contribution is 0.474. The SMILES string of the molecule is CC1Cc2ccc(C3=CCC(C4C=Cc5c(c6ccccc6c6ccccc56)C4)C=C3)cc2-c2c1ccc1ccccc21. The zero-order chi connectivity index (χ0) is 28.5. The van der Waals surface area contributed by atoms with Crippen LogP contribution >= 0.6 is 0 Å². The first-order chi connectivity index (χ1) is 21.2. The average Bonchev–Trinajstić information content (AvgIpc) is 3.08. The topological polar surface area (TPSA) is 0 Å². The first-order valence-corrected chi connectivity index (χ1v) is 15.9. The third-order valence-electron chi connectivity index (χ3n) is 10.4. The summed E-state index contributed by atoms with van der Waals surface area (Å²) in [5.74, 6) is 1.56. The van der Waals surface area contributed by atoms with E-state index < -0.39 is 0 Å². The molecule has 0 fully saturated rings. The van der Waals surface area contributed by atoms with Gasteiger partial charge in [0.2, 0.25) is 0 Å². The maximum absolute atomic E-state index is 2.49. The summed E-state index contributed by atoms with van der Waals surface area (Å²) in [5, 5.41) is 8.24. The molecule has 43 heavy (non-hydrogen) atoms. The summed E-state index contributed by atoms with van der Waals surface area (Å²) in [4.78, 5) is 0. The largest absolute Gasteiger partial charge is 0.0799 e. The molecule has 3 aliphatic carbocycles. The minimum absolute atomic E-state index is 0.509. The van der Waals surface area contributed by atoms with E-state index in [1.807, 2.05) is 0 Å². The molecule has 0 saturated heterocycles. The fourth-order valence-corrected chi connectivity index (χ4v) is 8.24. The summed E-state index contributed by atoms with van der Waals surface area (Å²) in [5.41, 5.74) is 11.4. The summed E-state index contributed by atoms with van der Waals surface area (Å²) in [6.45, 7) is 2.38. The van der Waals surface area contributed by atoms with Crippen LogP contribution in [0.1, 0.15) is 47.1 Å². The van der Waals surface area contributed by atoms with Gasteiger partial charge in [0, 0.05) is 0 Å². The lowest BCUT2D eigenvalue weighted by atomic mass is 9.75. The number of hydrogen-bond acceptors (Lipinski definition) is 0. The van der Waals surface area contributed by atoms with Crippen LogP contribution in [-0.4, -0.2) is 0 Å². The average molecular weight is 551 g/mol.